The Morgan fingerprint density at radius 1 is 1.20 bits per heavy atom. The van der Waals surface area contributed by atoms with Crippen LogP contribution in [0.3, 0.4) is 0 Å². The summed E-state index contributed by atoms with van der Waals surface area (Å²) in [6, 6.07) is 1.30. The van der Waals surface area contributed by atoms with Crippen molar-refractivity contribution >= 4 is 0 Å². The molecule has 1 saturated heterocycles. The van der Waals surface area contributed by atoms with Crippen LogP contribution < -0.4 is 0 Å². The average Bonchev–Trinajstić information content (AvgIpc) is 2.39. The molecule has 2 aliphatic rings. The highest BCUT2D eigenvalue weighted by Gasteiger charge is 2.33. The fourth-order valence-corrected chi connectivity index (χ4v) is 2.90. The van der Waals surface area contributed by atoms with Gasteiger partial charge in [0, 0.05) is 18.0 Å². The van der Waals surface area contributed by atoms with E-state index in [0.717, 1.165) is 0 Å². The first-order valence-electron chi connectivity index (χ1n) is 5.92. The minimum absolute atomic E-state index is 0.602. The van der Waals surface area contributed by atoms with Crippen LogP contribution in [0.1, 0.15) is 12.8 Å². The summed E-state index contributed by atoms with van der Waals surface area (Å²) in [6.45, 7) is 1.23. The van der Waals surface area contributed by atoms with E-state index >= 15 is 0 Å². The minimum atomic E-state index is 0.602. The fourth-order valence-electron chi connectivity index (χ4n) is 2.90. The largest absolute Gasteiger partial charge is 0.306 e. The molecule has 0 bridgehead atoms. The number of allylic oxidation sites excluding steroid dienone is 2. The van der Waals surface area contributed by atoms with Gasteiger partial charge in [-0.2, -0.15) is 0 Å². The van der Waals surface area contributed by atoms with Crippen LogP contribution >= 0.6 is 0 Å². The molecule has 3 unspecified atom stereocenters. The van der Waals surface area contributed by atoms with Crippen LogP contribution in [0.5, 0.6) is 0 Å². The lowest BCUT2D eigenvalue weighted by molar-refractivity contribution is 0.182. The van der Waals surface area contributed by atoms with Gasteiger partial charge in [-0.25, -0.2) is 0 Å². The topological polar surface area (TPSA) is 6.48 Å². The first kappa shape index (κ1) is 10.9. The summed E-state index contributed by atoms with van der Waals surface area (Å²) in [5.41, 5.74) is 0. The molecule has 3 atom stereocenters. The van der Waals surface area contributed by atoms with Crippen molar-refractivity contribution in [2.45, 2.75) is 24.9 Å². The van der Waals surface area contributed by atoms with E-state index in [9.17, 15) is 0 Å². The van der Waals surface area contributed by atoms with Crippen LogP contribution in [0.25, 0.3) is 0 Å². The predicted octanol–water partition coefficient (Wildman–Crippen LogP) is 1.75. The van der Waals surface area contributed by atoms with E-state index in [2.05, 4.69) is 55.2 Å². The SMILES string of the molecule is CN(C)C1CCCN(C)C2C=CC=CC12. The molecule has 2 rings (SSSR count). The molecule has 84 valence electrons. The maximum atomic E-state index is 2.49. The van der Waals surface area contributed by atoms with Crippen molar-refractivity contribution in [2.75, 3.05) is 27.7 Å². The first-order chi connectivity index (χ1) is 7.20. The molecule has 15 heavy (non-hydrogen) atoms. The third-order valence-electron chi connectivity index (χ3n) is 3.77. The van der Waals surface area contributed by atoms with Gasteiger partial charge < -0.3 is 4.90 Å². The Morgan fingerprint density at radius 3 is 2.67 bits per heavy atom. The van der Waals surface area contributed by atoms with E-state index in [-0.39, 0.29) is 0 Å². The van der Waals surface area contributed by atoms with Gasteiger partial charge in [0.15, 0.2) is 0 Å². The smallest absolute Gasteiger partial charge is 0.0356 e. The Bertz CT molecular complexity index is 268. The number of hydrogen-bond acceptors (Lipinski definition) is 2. The highest BCUT2D eigenvalue weighted by Crippen LogP contribution is 2.29. The molecule has 1 aliphatic heterocycles. The Balaban J connectivity index is 2.22. The molecular weight excluding hydrogens is 184 g/mol. The van der Waals surface area contributed by atoms with Crippen LogP contribution in [-0.2, 0) is 0 Å². The average molecular weight is 206 g/mol. The van der Waals surface area contributed by atoms with Crippen molar-refractivity contribution in [1.29, 1.82) is 0 Å². The third-order valence-corrected chi connectivity index (χ3v) is 3.77. The summed E-state index contributed by atoms with van der Waals surface area (Å²) in [7, 11) is 6.66. The molecule has 1 aliphatic carbocycles. The summed E-state index contributed by atoms with van der Waals surface area (Å²) >= 11 is 0. The van der Waals surface area contributed by atoms with E-state index < -0.39 is 0 Å². The quantitative estimate of drug-likeness (QED) is 0.645. The molecule has 0 spiro atoms. The summed E-state index contributed by atoms with van der Waals surface area (Å²) in [4.78, 5) is 4.88. The predicted molar refractivity (Wildman–Crippen MR) is 64.9 cm³/mol. The van der Waals surface area contributed by atoms with Gasteiger partial charge in [-0.05, 0) is 40.5 Å². The van der Waals surface area contributed by atoms with E-state index in [4.69, 9.17) is 0 Å². The molecule has 0 saturated carbocycles. The molecule has 0 N–H and O–H groups in total. The van der Waals surface area contributed by atoms with Crippen molar-refractivity contribution in [3.8, 4) is 0 Å². The summed E-state index contributed by atoms with van der Waals surface area (Å²) in [5.74, 6) is 0.664. The minimum Gasteiger partial charge on any atom is -0.306 e. The molecule has 0 radical (unpaired) electrons. The second-order valence-electron chi connectivity index (χ2n) is 4.99. The van der Waals surface area contributed by atoms with Crippen LogP contribution in [0.2, 0.25) is 0 Å². The standard InChI is InChI=1S/C13H22N2/c1-14(2)12-9-6-10-15(3)13-8-5-4-7-11(12)13/h4-5,7-8,11-13H,6,9-10H2,1-3H3. The van der Waals surface area contributed by atoms with Crippen molar-refractivity contribution in [3.63, 3.8) is 0 Å². The Hall–Kier alpha value is -0.600. The number of hydrogen-bond donors (Lipinski definition) is 0. The third kappa shape index (κ3) is 2.16. The van der Waals surface area contributed by atoms with Gasteiger partial charge in [-0.3, -0.25) is 4.90 Å². The Kier molecular flexibility index (Phi) is 3.27. The highest BCUT2D eigenvalue weighted by molar-refractivity contribution is 5.20. The fraction of sp³-hybridized carbons (Fsp3) is 0.692. The molecule has 2 nitrogen and oxygen atoms in total. The summed E-state index contributed by atoms with van der Waals surface area (Å²) in [5, 5.41) is 0. The monoisotopic (exact) mass is 206 g/mol. The van der Waals surface area contributed by atoms with E-state index in [1.54, 1.807) is 0 Å². The highest BCUT2D eigenvalue weighted by atomic mass is 15.2. The maximum Gasteiger partial charge on any atom is 0.0356 e. The van der Waals surface area contributed by atoms with E-state index in [0.29, 0.717) is 18.0 Å². The first-order valence-corrected chi connectivity index (χ1v) is 5.92. The van der Waals surface area contributed by atoms with Crippen molar-refractivity contribution in [2.24, 2.45) is 5.92 Å². The van der Waals surface area contributed by atoms with Crippen LogP contribution in [-0.4, -0.2) is 49.6 Å². The van der Waals surface area contributed by atoms with Gasteiger partial charge in [0.05, 0.1) is 0 Å². The maximum absolute atomic E-state index is 2.49. The zero-order valence-electron chi connectivity index (χ0n) is 10.1. The zero-order chi connectivity index (χ0) is 10.8. The molecular formula is C13H22N2. The molecule has 0 aromatic rings. The van der Waals surface area contributed by atoms with Crippen molar-refractivity contribution in [3.05, 3.63) is 24.3 Å². The molecule has 0 aromatic carbocycles. The van der Waals surface area contributed by atoms with Gasteiger partial charge in [0.25, 0.3) is 0 Å². The zero-order valence-corrected chi connectivity index (χ0v) is 10.1. The summed E-state index contributed by atoms with van der Waals surface area (Å²) in [6.07, 6.45) is 11.8. The lowest BCUT2D eigenvalue weighted by atomic mass is 9.86. The molecule has 2 heteroatoms. The van der Waals surface area contributed by atoms with Gasteiger partial charge in [0.1, 0.15) is 0 Å². The van der Waals surface area contributed by atoms with Gasteiger partial charge in [-0.1, -0.05) is 24.3 Å². The van der Waals surface area contributed by atoms with Crippen LogP contribution in [0, 0.1) is 5.92 Å². The number of fused-ring (bicyclic) bond motifs is 1. The number of nitrogens with zero attached hydrogens (tertiary/aromatic N) is 2. The lowest BCUT2D eigenvalue weighted by Crippen LogP contribution is -2.44. The van der Waals surface area contributed by atoms with Gasteiger partial charge >= 0.3 is 0 Å². The van der Waals surface area contributed by atoms with Crippen LogP contribution in [0.4, 0.5) is 0 Å². The van der Waals surface area contributed by atoms with E-state index in [1.807, 2.05) is 0 Å². The lowest BCUT2D eigenvalue weighted by Gasteiger charge is -2.36. The molecule has 1 heterocycles. The number of likely N-dealkylation sites (N-methyl/N-ethyl adjacent to an activating group) is 1. The van der Waals surface area contributed by atoms with Crippen molar-refractivity contribution < 1.29 is 0 Å². The second-order valence-corrected chi connectivity index (χ2v) is 4.99. The normalized spacial score (nSPS) is 36.7. The molecule has 1 fully saturated rings. The van der Waals surface area contributed by atoms with Crippen molar-refractivity contribution in [1.82, 2.24) is 9.80 Å². The van der Waals surface area contributed by atoms with Crippen LogP contribution in [0.15, 0.2) is 24.3 Å². The van der Waals surface area contributed by atoms with Gasteiger partial charge in [-0.15, -0.1) is 0 Å². The number of likely N-dealkylation sites (tertiary alicyclic amines) is 1. The van der Waals surface area contributed by atoms with E-state index in [1.165, 1.54) is 19.4 Å². The Labute approximate surface area is 93.2 Å². The molecule has 0 amide bonds. The molecule has 0 aromatic heterocycles. The van der Waals surface area contributed by atoms with Gasteiger partial charge in [0.2, 0.25) is 0 Å². The number of rotatable bonds is 1. The second kappa shape index (κ2) is 4.50. The Morgan fingerprint density at radius 2 is 1.93 bits per heavy atom. The summed E-state index contributed by atoms with van der Waals surface area (Å²) < 4.78 is 0.